The number of carbonyl (C=O) groups excluding carboxylic acids is 1. The number of hydrogen-bond donors (Lipinski definition) is 1. The molecule has 2 N–H and O–H groups in total. The molecule has 118 valence electrons. The van der Waals surface area contributed by atoms with Gasteiger partial charge in [-0.2, -0.15) is 0 Å². The minimum Gasteiger partial charge on any atom is -0.341 e. The molecule has 0 aliphatic rings. The smallest absolute Gasteiger partial charge is 0.255 e. The van der Waals surface area contributed by atoms with E-state index >= 15 is 0 Å². The standard InChI is InChI=1S/C13H18BrClN2O3S/c1-4-8(2)7-17(3)13(18)10-5-9(21(16,19)20)6-11(14)12(10)15/h5-6,8H,4,7H2,1-3H3,(H2,16,19,20). The van der Waals surface area contributed by atoms with Crippen molar-refractivity contribution >= 4 is 43.5 Å². The van der Waals surface area contributed by atoms with Gasteiger partial charge < -0.3 is 4.90 Å². The van der Waals surface area contributed by atoms with Crippen LogP contribution in [0.2, 0.25) is 5.02 Å². The molecule has 0 bridgehead atoms. The van der Waals surface area contributed by atoms with E-state index in [0.717, 1.165) is 6.42 Å². The van der Waals surface area contributed by atoms with Crippen LogP contribution in [0.4, 0.5) is 0 Å². The van der Waals surface area contributed by atoms with Gasteiger partial charge in [-0.1, -0.05) is 31.9 Å². The summed E-state index contributed by atoms with van der Waals surface area (Å²) < 4.78 is 23.2. The first kappa shape index (κ1) is 18.4. The van der Waals surface area contributed by atoms with Gasteiger partial charge in [0.05, 0.1) is 15.5 Å². The van der Waals surface area contributed by atoms with Crippen molar-refractivity contribution in [1.29, 1.82) is 0 Å². The molecule has 0 spiro atoms. The lowest BCUT2D eigenvalue weighted by atomic mass is 10.1. The van der Waals surface area contributed by atoms with Crippen LogP contribution in [0.1, 0.15) is 30.6 Å². The van der Waals surface area contributed by atoms with Gasteiger partial charge in [0.2, 0.25) is 10.0 Å². The Labute approximate surface area is 138 Å². The highest BCUT2D eigenvalue weighted by Gasteiger charge is 2.22. The van der Waals surface area contributed by atoms with E-state index in [-0.39, 0.29) is 21.4 Å². The lowest BCUT2D eigenvalue weighted by molar-refractivity contribution is 0.0775. The van der Waals surface area contributed by atoms with E-state index in [0.29, 0.717) is 16.9 Å². The van der Waals surface area contributed by atoms with Gasteiger partial charge in [0.25, 0.3) is 5.91 Å². The molecule has 1 rings (SSSR count). The van der Waals surface area contributed by atoms with Crippen molar-refractivity contribution in [3.63, 3.8) is 0 Å². The van der Waals surface area contributed by atoms with E-state index in [1.54, 1.807) is 7.05 Å². The summed E-state index contributed by atoms with van der Waals surface area (Å²) >= 11 is 9.24. The first-order chi connectivity index (χ1) is 9.57. The number of nitrogens with zero attached hydrogens (tertiary/aromatic N) is 1. The van der Waals surface area contributed by atoms with Crippen molar-refractivity contribution in [1.82, 2.24) is 4.90 Å². The van der Waals surface area contributed by atoms with Crippen LogP contribution in [-0.2, 0) is 10.0 Å². The minimum atomic E-state index is -3.91. The Morgan fingerprint density at radius 2 is 2.05 bits per heavy atom. The Kier molecular flexibility index (Phi) is 6.22. The number of nitrogens with two attached hydrogens (primary N) is 1. The highest BCUT2D eigenvalue weighted by atomic mass is 79.9. The molecule has 0 aliphatic heterocycles. The summed E-state index contributed by atoms with van der Waals surface area (Å²) in [6.07, 6.45) is 0.937. The minimum absolute atomic E-state index is 0.112. The van der Waals surface area contributed by atoms with Gasteiger partial charge in [-0.15, -0.1) is 0 Å². The van der Waals surface area contributed by atoms with Crippen molar-refractivity contribution in [2.75, 3.05) is 13.6 Å². The number of sulfonamides is 1. The van der Waals surface area contributed by atoms with Gasteiger partial charge in [0, 0.05) is 18.1 Å². The van der Waals surface area contributed by atoms with E-state index in [1.807, 2.05) is 13.8 Å². The lowest BCUT2D eigenvalue weighted by Crippen LogP contribution is -2.31. The maximum Gasteiger partial charge on any atom is 0.255 e. The molecule has 8 heteroatoms. The van der Waals surface area contributed by atoms with E-state index in [2.05, 4.69) is 15.9 Å². The zero-order valence-corrected chi connectivity index (χ0v) is 15.2. The maximum absolute atomic E-state index is 12.4. The molecule has 0 heterocycles. The summed E-state index contributed by atoms with van der Waals surface area (Å²) in [6.45, 7) is 4.62. The van der Waals surface area contributed by atoms with Crippen molar-refractivity contribution < 1.29 is 13.2 Å². The summed E-state index contributed by atoms with van der Waals surface area (Å²) in [4.78, 5) is 13.8. The molecule has 1 amide bonds. The molecule has 1 aromatic rings. The first-order valence-electron chi connectivity index (χ1n) is 6.35. The largest absolute Gasteiger partial charge is 0.341 e. The predicted octanol–water partition coefficient (Wildman–Crippen LogP) is 2.87. The van der Waals surface area contributed by atoms with Crippen LogP contribution >= 0.6 is 27.5 Å². The van der Waals surface area contributed by atoms with Crippen molar-refractivity contribution in [2.45, 2.75) is 25.2 Å². The van der Waals surface area contributed by atoms with Crippen LogP contribution in [0.25, 0.3) is 0 Å². The maximum atomic E-state index is 12.4. The average Bonchev–Trinajstić information content (AvgIpc) is 2.39. The van der Waals surface area contributed by atoms with E-state index in [9.17, 15) is 13.2 Å². The summed E-state index contributed by atoms with van der Waals surface area (Å²) in [5.41, 5.74) is 0.112. The van der Waals surface area contributed by atoms with Crippen molar-refractivity contribution in [3.8, 4) is 0 Å². The molecule has 0 radical (unpaired) electrons. The number of primary sulfonamides is 1. The van der Waals surface area contributed by atoms with Crippen molar-refractivity contribution in [2.24, 2.45) is 11.1 Å². The Balaban J connectivity index is 3.23. The number of halogens is 2. The second kappa shape index (κ2) is 7.09. The molecule has 0 aromatic heterocycles. The Hall–Kier alpha value is -0.630. The van der Waals surface area contributed by atoms with Crippen LogP contribution in [0.5, 0.6) is 0 Å². The molecule has 0 saturated heterocycles. The molecule has 0 fully saturated rings. The number of carbonyl (C=O) groups is 1. The fraction of sp³-hybridized carbons (Fsp3) is 0.462. The van der Waals surface area contributed by atoms with E-state index in [1.165, 1.54) is 17.0 Å². The zero-order chi connectivity index (χ0) is 16.4. The number of hydrogen-bond acceptors (Lipinski definition) is 3. The molecular weight excluding hydrogens is 380 g/mol. The lowest BCUT2D eigenvalue weighted by Gasteiger charge is -2.21. The Morgan fingerprint density at radius 1 is 1.48 bits per heavy atom. The van der Waals surface area contributed by atoms with Gasteiger partial charge in [0.15, 0.2) is 0 Å². The topological polar surface area (TPSA) is 80.5 Å². The SMILES string of the molecule is CCC(C)CN(C)C(=O)c1cc(S(N)(=O)=O)cc(Br)c1Cl. The molecule has 5 nitrogen and oxygen atoms in total. The number of rotatable bonds is 5. The van der Waals surface area contributed by atoms with E-state index < -0.39 is 10.0 Å². The Morgan fingerprint density at radius 3 is 2.52 bits per heavy atom. The third-order valence-corrected chi connectivity index (χ3v) is 5.34. The third-order valence-electron chi connectivity index (χ3n) is 3.19. The quantitative estimate of drug-likeness (QED) is 0.829. The van der Waals surface area contributed by atoms with Crippen LogP contribution in [0.3, 0.4) is 0 Å². The van der Waals surface area contributed by atoms with Gasteiger partial charge in [-0.25, -0.2) is 13.6 Å². The fourth-order valence-electron chi connectivity index (χ4n) is 1.77. The molecular formula is C13H18BrClN2O3S. The van der Waals surface area contributed by atoms with E-state index in [4.69, 9.17) is 16.7 Å². The predicted molar refractivity (Wildman–Crippen MR) is 86.9 cm³/mol. The van der Waals surface area contributed by atoms with Crippen LogP contribution in [-0.4, -0.2) is 32.8 Å². The van der Waals surface area contributed by atoms with Gasteiger partial charge in [0.1, 0.15) is 0 Å². The highest BCUT2D eigenvalue weighted by molar-refractivity contribution is 9.10. The van der Waals surface area contributed by atoms with Gasteiger partial charge in [-0.05, 0) is 34.0 Å². The fourth-order valence-corrected chi connectivity index (χ4v) is 3.14. The van der Waals surface area contributed by atoms with Gasteiger partial charge in [-0.3, -0.25) is 4.79 Å². The van der Waals surface area contributed by atoms with Gasteiger partial charge >= 0.3 is 0 Å². The van der Waals surface area contributed by atoms with Crippen molar-refractivity contribution in [3.05, 3.63) is 27.2 Å². The number of amides is 1. The van der Waals surface area contributed by atoms with Crippen LogP contribution in [0, 0.1) is 5.92 Å². The highest BCUT2D eigenvalue weighted by Crippen LogP contribution is 2.30. The summed E-state index contributed by atoms with van der Waals surface area (Å²) in [6, 6.07) is 2.49. The molecule has 21 heavy (non-hydrogen) atoms. The first-order valence-corrected chi connectivity index (χ1v) is 9.07. The summed E-state index contributed by atoms with van der Waals surface area (Å²) in [5.74, 6) is -0.00547. The van der Waals surface area contributed by atoms with Crippen LogP contribution in [0.15, 0.2) is 21.5 Å². The molecule has 0 aliphatic carbocycles. The second-order valence-corrected chi connectivity index (χ2v) is 7.80. The average molecular weight is 398 g/mol. The second-order valence-electron chi connectivity index (χ2n) is 5.01. The number of benzene rings is 1. The van der Waals surface area contributed by atoms with Crippen LogP contribution < -0.4 is 5.14 Å². The molecule has 1 unspecified atom stereocenters. The molecule has 0 saturated carbocycles. The molecule has 1 aromatic carbocycles. The monoisotopic (exact) mass is 396 g/mol. The molecule has 1 atom stereocenters. The summed E-state index contributed by atoms with van der Waals surface area (Å²) in [7, 11) is -2.26. The summed E-state index contributed by atoms with van der Waals surface area (Å²) in [5, 5.41) is 5.28. The Bertz CT molecular complexity index is 649. The zero-order valence-electron chi connectivity index (χ0n) is 12.1. The third kappa shape index (κ3) is 4.67. The normalized spacial score (nSPS) is 13.0.